The minimum atomic E-state index is -0.114. The van der Waals surface area contributed by atoms with Gasteiger partial charge in [0.05, 0.1) is 38.5 Å². The summed E-state index contributed by atoms with van der Waals surface area (Å²) in [7, 11) is 0. The van der Waals surface area contributed by atoms with E-state index in [-0.39, 0.29) is 11.9 Å². The van der Waals surface area contributed by atoms with Crippen molar-refractivity contribution in [2.45, 2.75) is 19.0 Å². The zero-order valence-corrected chi connectivity index (χ0v) is 9.07. The summed E-state index contributed by atoms with van der Waals surface area (Å²) >= 11 is 0. The maximum atomic E-state index is 11.9. The highest BCUT2D eigenvalue weighted by Crippen LogP contribution is 2.05. The Hall–Kier alpha value is -0.650. The van der Waals surface area contributed by atoms with Crippen molar-refractivity contribution in [3.8, 4) is 0 Å². The van der Waals surface area contributed by atoms with E-state index < -0.39 is 0 Å². The van der Waals surface area contributed by atoms with Gasteiger partial charge in [-0.05, 0) is 6.92 Å². The minimum Gasteiger partial charge on any atom is -0.378 e. The van der Waals surface area contributed by atoms with Crippen molar-refractivity contribution in [1.29, 1.82) is 0 Å². The fourth-order valence-electron chi connectivity index (χ4n) is 1.81. The van der Waals surface area contributed by atoms with E-state index in [2.05, 4.69) is 5.32 Å². The molecule has 15 heavy (non-hydrogen) atoms. The first-order chi connectivity index (χ1) is 7.27. The van der Waals surface area contributed by atoms with Crippen molar-refractivity contribution in [3.63, 3.8) is 0 Å². The average molecular weight is 214 g/mol. The summed E-state index contributed by atoms with van der Waals surface area (Å²) in [5, 5.41) is 3.26. The molecule has 5 nitrogen and oxygen atoms in total. The lowest BCUT2D eigenvalue weighted by Crippen LogP contribution is -2.56. The van der Waals surface area contributed by atoms with Crippen LogP contribution in [0.25, 0.3) is 0 Å². The maximum absolute atomic E-state index is 11.9. The molecule has 0 saturated carbocycles. The molecule has 5 heteroatoms. The highest BCUT2D eigenvalue weighted by atomic mass is 16.5. The van der Waals surface area contributed by atoms with Gasteiger partial charge in [0, 0.05) is 13.1 Å². The monoisotopic (exact) mass is 214 g/mol. The Morgan fingerprint density at radius 2 is 2.00 bits per heavy atom. The molecule has 0 radical (unpaired) electrons. The molecule has 2 aliphatic rings. The number of ether oxygens (including phenoxy) is 2. The second-order valence-electron chi connectivity index (χ2n) is 4.06. The fraction of sp³-hybridized carbons (Fsp3) is 0.900. The van der Waals surface area contributed by atoms with Gasteiger partial charge in [-0.2, -0.15) is 0 Å². The number of rotatable bonds is 3. The number of hydrogen-bond acceptors (Lipinski definition) is 4. The summed E-state index contributed by atoms with van der Waals surface area (Å²) in [4.78, 5) is 13.8. The second-order valence-corrected chi connectivity index (χ2v) is 4.06. The van der Waals surface area contributed by atoms with Crippen LogP contribution in [0.3, 0.4) is 0 Å². The van der Waals surface area contributed by atoms with E-state index in [9.17, 15) is 4.79 Å². The molecule has 0 aliphatic carbocycles. The molecular formula is C10H18N2O3. The van der Waals surface area contributed by atoms with Gasteiger partial charge in [0.25, 0.3) is 0 Å². The summed E-state index contributed by atoms with van der Waals surface area (Å²) in [6, 6.07) is 0.238. The Labute approximate surface area is 89.7 Å². The van der Waals surface area contributed by atoms with Crippen molar-refractivity contribution >= 4 is 5.91 Å². The van der Waals surface area contributed by atoms with Crippen LogP contribution in [0.1, 0.15) is 6.92 Å². The van der Waals surface area contributed by atoms with Gasteiger partial charge < -0.3 is 14.4 Å². The molecule has 2 heterocycles. The summed E-state index contributed by atoms with van der Waals surface area (Å²) in [6.07, 6.45) is 0. The summed E-state index contributed by atoms with van der Waals surface area (Å²) in [5.74, 6) is 0.171. The normalized spacial score (nSPS) is 24.7. The minimum absolute atomic E-state index is 0.114. The third-order valence-electron chi connectivity index (χ3n) is 2.82. The molecule has 0 aromatic rings. The number of carbonyl (C=O) groups is 1. The summed E-state index contributed by atoms with van der Waals surface area (Å²) < 4.78 is 10.3. The van der Waals surface area contributed by atoms with E-state index in [1.807, 2.05) is 11.8 Å². The van der Waals surface area contributed by atoms with Gasteiger partial charge in [0.1, 0.15) is 0 Å². The molecule has 2 saturated heterocycles. The number of amides is 1. The van der Waals surface area contributed by atoms with Crippen LogP contribution in [0.4, 0.5) is 0 Å². The Balaban J connectivity index is 1.77. The Morgan fingerprint density at radius 3 is 2.53 bits per heavy atom. The van der Waals surface area contributed by atoms with Gasteiger partial charge in [-0.15, -0.1) is 0 Å². The molecule has 0 spiro atoms. The van der Waals surface area contributed by atoms with Gasteiger partial charge in [0.2, 0.25) is 5.91 Å². The molecule has 86 valence electrons. The quantitative estimate of drug-likeness (QED) is 0.670. The molecule has 0 aromatic heterocycles. The van der Waals surface area contributed by atoms with Crippen molar-refractivity contribution in [2.24, 2.45) is 0 Å². The topological polar surface area (TPSA) is 50.8 Å². The third kappa shape index (κ3) is 2.68. The van der Waals surface area contributed by atoms with Crippen molar-refractivity contribution in [3.05, 3.63) is 0 Å². The van der Waals surface area contributed by atoms with Crippen LogP contribution >= 0.6 is 0 Å². The lowest BCUT2D eigenvalue weighted by atomic mass is 10.2. The Morgan fingerprint density at radius 1 is 1.33 bits per heavy atom. The number of hydrogen-bond donors (Lipinski definition) is 1. The molecule has 1 unspecified atom stereocenters. The van der Waals surface area contributed by atoms with E-state index in [1.54, 1.807) is 0 Å². The lowest BCUT2D eigenvalue weighted by Gasteiger charge is -2.33. The van der Waals surface area contributed by atoms with Crippen LogP contribution in [-0.4, -0.2) is 62.4 Å². The molecule has 0 bridgehead atoms. The van der Waals surface area contributed by atoms with E-state index in [0.29, 0.717) is 32.3 Å². The van der Waals surface area contributed by atoms with Crippen LogP contribution in [-0.2, 0) is 14.3 Å². The van der Waals surface area contributed by atoms with Crippen LogP contribution in [0, 0.1) is 0 Å². The van der Waals surface area contributed by atoms with Gasteiger partial charge in [-0.25, -0.2) is 0 Å². The zero-order chi connectivity index (χ0) is 10.7. The highest BCUT2D eigenvalue weighted by molar-refractivity contribution is 5.81. The average Bonchev–Trinajstić information content (AvgIpc) is 2.23. The van der Waals surface area contributed by atoms with Gasteiger partial charge in [0.15, 0.2) is 0 Å². The smallest absolute Gasteiger partial charge is 0.239 e. The van der Waals surface area contributed by atoms with E-state index in [1.165, 1.54) is 0 Å². The van der Waals surface area contributed by atoms with Crippen LogP contribution < -0.4 is 5.32 Å². The van der Waals surface area contributed by atoms with Crippen LogP contribution in [0.15, 0.2) is 0 Å². The van der Waals surface area contributed by atoms with E-state index in [0.717, 1.165) is 13.2 Å². The SMILES string of the molecule is CC(NC1COC1)C(=O)N1CCOCC1. The highest BCUT2D eigenvalue weighted by Gasteiger charge is 2.26. The number of carbonyl (C=O) groups excluding carboxylic acids is 1. The largest absolute Gasteiger partial charge is 0.378 e. The van der Waals surface area contributed by atoms with E-state index in [4.69, 9.17) is 9.47 Å². The van der Waals surface area contributed by atoms with E-state index >= 15 is 0 Å². The number of morpholine rings is 1. The second kappa shape index (κ2) is 4.92. The molecular weight excluding hydrogens is 196 g/mol. The first-order valence-electron chi connectivity index (χ1n) is 5.47. The standard InChI is InChI=1S/C10H18N2O3/c1-8(11-9-6-15-7-9)10(13)12-2-4-14-5-3-12/h8-9,11H,2-7H2,1H3. The summed E-state index contributed by atoms with van der Waals surface area (Å²) in [5.41, 5.74) is 0. The molecule has 1 amide bonds. The van der Waals surface area contributed by atoms with Gasteiger partial charge in [-0.1, -0.05) is 0 Å². The zero-order valence-electron chi connectivity index (χ0n) is 9.07. The van der Waals surface area contributed by atoms with Crippen molar-refractivity contribution in [2.75, 3.05) is 39.5 Å². The first-order valence-corrected chi connectivity index (χ1v) is 5.47. The number of nitrogens with zero attached hydrogens (tertiary/aromatic N) is 1. The molecule has 2 rings (SSSR count). The molecule has 1 N–H and O–H groups in total. The predicted molar refractivity (Wildman–Crippen MR) is 54.6 cm³/mol. The predicted octanol–water partition coefficient (Wildman–Crippen LogP) is -0.778. The Kier molecular flexibility index (Phi) is 3.56. The van der Waals surface area contributed by atoms with Gasteiger partial charge in [-0.3, -0.25) is 10.1 Å². The Bertz CT molecular complexity index is 225. The molecule has 2 fully saturated rings. The van der Waals surface area contributed by atoms with Gasteiger partial charge >= 0.3 is 0 Å². The van der Waals surface area contributed by atoms with Crippen molar-refractivity contribution in [1.82, 2.24) is 10.2 Å². The molecule has 1 atom stereocenters. The van der Waals surface area contributed by atoms with Crippen LogP contribution in [0.2, 0.25) is 0 Å². The van der Waals surface area contributed by atoms with Crippen molar-refractivity contribution < 1.29 is 14.3 Å². The number of nitrogens with one attached hydrogen (secondary N) is 1. The molecule has 0 aromatic carbocycles. The third-order valence-corrected chi connectivity index (χ3v) is 2.82. The summed E-state index contributed by atoms with van der Waals surface area (Å²) in [6.45, 7) is 6.10. The van der Waals surface area contributed by atoms with Crippen LogP contribution in [0.5, 0.6) is 0 Å². The first kappa shape index (κ1) is 10.9. The molecule has 2 aliphatic heterocycles. The maximum Gasteiger partial charge on any atom is 0.239 e. The fourth-order valence-corrected chi connectivity index (χ4v) is 1.81. The lowest BCUT2D eigenvalue weighted by molar-refractivity contribution is -0.138.